The van der Waals surface area contributed by atoms with Gasteiger partial charge >= 0.3 is 0 Å². The topological polar surface area (TPSA) is 26.0 Å². The van der Waals surface area contributed by atoms with Gasteiger partial charge in [0, 0.05) is 4.47 Å². The molecule has 19 heavy (non-hydrogen) atoms. The predicted molar refractivity (Wildman–Crippen MR) is 85.8 cm³/mol. The molecular formula is C16H17BrClN. The second kappa shape index (κ2) is 5.66. The molecule has 2 N–H and O–H groups in total. The summed E-state index contributed by atoms with van der Waals surface area (Å²) in [5.41, 5.74) is 12.3. The van der Waals surface area contributed by atoms with Crippen molar-refractivity contribution in [3.8, 4) is 0 Å². The molecule has 1 unspecified atom stereocenters. The van der Waals surface area contributed by atoms with Gasteiger partial charge in [-0.3, -0.25) is 0 Å². The third-order valence-corrected chi connectivity index (χ3v) is 4.75. The second-order valence-electron chi connectivity index (χ2n) is 4.94. The van der Waals surface area contributed by atoms with Gasteiger partial charge in [-0.25, -0.2) is 0 Å². The zero-order valence-electron chi connectivity index (χ0n) is 11.3. The van der Waals surface area contributed by atoms with E-state index in [1.165, 1.54) is 16.7 Å². The van der Waals surface area contributed by atoms with Crippen LogP contribution in [0.4, 0.5) is 0 Å². The van der Waals surface area contributed by atoms with E-state index in [0.29, 0.717) is 5.02 Å². The van der Waals surface area contributed by atoms with Crippen molar-refractivity contribution in [3.63, 3.8) is 0 Å². The molecule has 3 heteroatoms. The number of benzene rings is 2. The van der Waals surface area contributed by atoms with Crippen molar-refractivity contribution in [2.75, 3.05) is 0 Å². The molecule has 0 amide bonds. The van der Waals surface area contributed by atoms with Crippen molar-refractivity contribution in [3.05, 3.63) is 67.6 Å². The summed E-state index contributed by atoms with van der Waals surface area (Å²) in [6.45, 7) is 6.33. The first-order valence-electron chi connectivity index (χ1n) is 6.18. The van der Waals surface area contributed by atoms with Crippen LogP contribution in [0.2, 0.25) is 5.02 Å². The SMILES string of the molecule is Cc1cc(C)c(C(N)c2ccc(Br)c(Cl)c2)cc1C. The van der Waals surface area contributed by atoms with Gasteiger partial charge in [0.25, 0.3) is 0 Å². The Bertz CT molecular complexity index is 622. The molecular weight excluding hydrogens is 322 g/mol. The predicted octanol–water partition coefficient (Wildman–Crippen LogP) is 5.08. The summed E-state index contributed by atoms with van der Waals surface area (Å²) in [5.74, 6) is 0. The van der Waals surface area contributed by atoms with Crippen LogP contribution in [0.25, 0.3) is 0 Å². The Morgan fingerprint density at radius 1 is 1.00 bits per heavy atom. The maximum absolute atomic E-state index is 6.38. The first-order valence-corrected chi connectivity index (χ1v) is 7.35. The zero-order chi connectivity index (χ0) is 14.2. The van der Waals surface area contributed by atoms with Gasteiger partial charge in [0.1, 0.15) is 0 Å². The van der Waals surface area contributed by atoms with Crippen LogP contribution >= 0.6 is 27.5 Å². The van der Waals surface area contributed by atoms with Gasteiger partial charge in [0.15, 0.2) is 0 Å². The lowest BCUT2D eigenvalue weighted by Crippen LogP contribution is -2.13. The molecule has 0 aliphatic rings. The van der Waals surface area contributed by atoms with Crippen LogP contribution in [0.15, 0.2) is 34.8 Å². The van der Waals surface area contributed by atoms with Crippen molar-refractivity contribution < 1.29 is 0 Å². The molecule has 1 atom stereocenters. The van der Waals surface area contributed by atoms with Crippen LogP contribution in [-0.4, -0.2) is 0 Å². The van der Waals surface area contributed by atoms with Gasteiger partial charge in [-0.2, -0.15) is 0 Å². The Morgan fingerprint density at radius 3 is 2.26 bits per heavy atom. The van der Waals surface area contributed by atoms with Gasteiger partial charge in [0.2, 0.25) is 0 Å². The summed E-state index contributed by atoms with van der Waals surface area (Å²) in [6.07, 6.45) is 0. The number of hydrogen-bond donors (Lipinski definition) is 1. The van der Waals surface area contributed by atoms with Crippen molar-refractivity contribution >= 4 is 27.5 Å². The van der Waals surface area contributed by atoms with Crippen LogP contribution in [0.1, 0.15) is 33.9 Å². The molecule has 1 nitrogen and oxygen atoms in total. The molecule has 0 aliphatic heterocycles. The van der Waals surface area contributed by atoms with Crippen LogP contribution in [-0.2, 0) is 0 Å². The van der Waals surface area contributed by atoms with E-state index in [9.17, 15) is 0 Å². The minimum atomic E-state index is -0.148. The van der Waals surface area contributed by atoms with Crippen LogP contribution in [0.5, 0.6) is 0 Å². The zero-order valence-corrected chi connectivity index (χ0v) is 13.6. The second-order valence-corrected chi connectivity index (χ2v) is 6.21. The average Bonchev–Trinajstić information content (AvgIpc) is 2.36. The van der Waals surface area contributed by atoms with Gasteiger partial charge < -0.3 is 5.73 Å². The van der Waals surface area contributed by atoms with E-state index >= 15 is 0 Å². The molecule has 0 fully saturated rings. The van der Waals surface area contributed by atoms with E-state index in [2.05, 4.69) is 48.8 Å². The van der Waals surface area contributed by atoms with Gasteiger partial charge in [0.05, 0.1) is 11.1 Å². The van der Waals surface area contributed by atoms with Crippen LogP contribution < -0.4 is 5.73 Å². The lowest BCUT2D eigenvalue weighted by Gasteiger charge is -2.18. The number of nitrogens with two attached hydrogens (primary N) is 1. The Balaban J connectivity index is 2.46. The highest BCUT2D eigenvalue weighted by Crippen LogP contribution is 2.30. The fraction of sp³-hybridized carbons (Fsp3) is 0.250. The Labute approximate surface area is 127 Å². The molecule has 100 valence electrons. The maximum Gasteiger partial charge on any atom is 0.0554 e. The lowest BCUT2D eigenvalue weighted by molar-refractivity contribution is 0.858. The number of aryl methyl sites for hydroxylation is 3. The minimum absolute atomic E-state index is 0.148. The molecule has 2 aromatic rings. The summed E-state index contributed by atoms with van der Waals surface area (Å²) in [4.78, 5) is 0. The molecule has 0 aliphatic carbocycles. The number of halogens is 2. The fourth-order valence-electron chi connectivity index (χ4n) is 2.20. The lowest BCUT2D eigenvalue weighted by atomic mass is 9.92. The monoisotopic (exact) mass is 337 g/mol. The summed E-state index contributed by atoms with van der Waals surface area (Å²) in [6, 6.07) is 10.1. The van der Waals surface area contributed by atoms with Gasteiger partial charge in [-0.15, -0.1) is 0 Å². The molecule has 2 aromatic carbocycles. The first-order chi connectivity index (χ1) is 8.90. The normalized spacial score (nSPS) is 12.5. The fourth-order valence-corrected chi connectivity index (χ4v) is 2.64. The third-order valence-electron chi connectivity index (χ3n) is 3.52. The molecule has 0 spiro atoms. The van der Waals surface area contributed by atoms with E-state index < -0.39 is 0 Å². The molecule has 0 aromatic heterocycles. The number of hydrogen-bond acceptors (Lipinski definition) is 1. The van der Waals surface area contributed by atoms with E-state index in [0.717, 1.165) is 15.6 Å². The molecule has 2 rings (SSSR count). The highest BCUT2D eigenvalue weighted by atomic mass is 79.9. The molecule has 0 bridgehead atoms. The molecule has 0 saturated carbocycles. The molecule has 0 heterocycles. The van der Waals surface area contributed by atoms with Crippen molar-refractivity contribution in [1.29, 1.82) is 0 Å². The highest BCUT2D eigenvalue weighted by Gasteiger charge is 2.13. The Kier molecular flexibility index (Phi) is 4.34. The first kappa shape index (κ1) is 14.6. The third kappa shape index (κ3) is 3.02. The standard InChI is InChI=1S/C16H17BrClN/c1-9-6-11(3)13(7-10(9)2)16(19)12-4-5-14(17)15(18)8-12/h4-8,16H,19H2,1-3H3. The summed E-state index contributed by atoms with van der Waals surface area (Å²) in [7, 11) is 0. The van der Waals surface area contributed by atoms with E-state index in [1.807, 2.05) is 18.2 Å². The highest BCUT2D eigenvalue weighted by molar-refractivity contribution is 9.10. The van der Waals surface area contributed by atoms with Crippen molar-refractivity contribution in [2.45, 2.75) is 26.8 Å². The van der Waals surface area contributed by atoms with Crippen LogP contribution in [0.3, 0.4) is 0 Å². The largest absolute Gasteiger partial charge is 0.320 e. The van der Waals surface area contributed by atoms with Crippen molar-refractivity contribution in [2.24, 2.45) is 5.73 Å². The van der Waals surface area contributed by atoms with Crippen LogP contribution in [0, 0.1) is 20.8 Å². The average molecular weight is 339 g/mol. The molecule has 0 saturated heterocycles. The van der Waals surface area contributed by atoms with E-state index in [4.69, 9.17) is 17.3 Å². The summed E-state index contributed by atoms with van der Waals surface area (Å²) >= 11 is 9.54. The molecule has 0 radical (unpaired) electrons. The minimum Gasteiger partial charge on any atom is -0.320 e. The van der Waals surface area contributed by atoms with E-state index in [-0.39, 0.29) is 6.04 Å². The van der Waals surface area contributed by atoms with Gasteiger partial charge in [-0.1, -0.05) is 29.8 Å². The smallest absolute Gasteiger partial charge is 0.0554 e. The number of rotatable bonds is 2. The van der Waals surface area contributed by atoms with Crippen molar-refractivity contribution in [1.82, 2.24) is 0 Å². The summed E-state index contributed by atoms with van der Waals surface area (Å²) < 4.78 is 0.891. The maximum atomic E-state index is 6.38. The Hall–Kier alpha value is -0.830. The summed E-state index contributed by atoms with van der Waals surface area (Å²) in [5, 5.41) is 0.689. The Morgan fingerprint density at radius 2 is 1.63 bits per heavy atom. The van der Waals surface area contributed by atoms with Gasteiger partial charge in [-0.05, 0) is 76.7 Å². The quantitative estimate of drug-likeness (QED) is 0.812. The van der Waals surface area contributed by atoms with E-state index in [1.54, 1.807) is 0 Å².